The quantitative estimate of drug-likeness (QED) is 0.446. The largest absolute Gasteiger partial charge is 0.443 e. The zero-order chi connectivity index (χ0) is 16.1. The summed E-state index contributed by atoms with van der Waals surface area (Å²) < 4.78 is 23.2. The van der Waals surface area contributed by atoms with Crippen LogP contribution in [0.1, 0.15) is 47.0 Å². The summed E-state index contributed by atoms with van der Waals surface area (Å²) in [5.41, 5.74) is -0.556. The molecule has 0 aromatic heterocycles. The highest BCUT2D eigenvalue weighted by molar-refractivity contribution is 5.68. The van der Waals surface area contributed by atoms with Crippen LogP contribution in [0.25, 0.3) is 0 Å². The van der Waals surface area contributed by atoms with Crippen molar-refractivity contribution < 1.29 is 18.7 Å². The van der Waals surface area contributed by atoms with Crippen molar-refractivity contribution in [2.75, 3.05) is 13.3 Å². The fourth-order valence-electron chi connectivity index (χ4n) is 1.80. The van der Waals surface area contributed by atoms with Gasteiger partial charge in [0.15, 0.2) is 0 Å². The van der Waals surface area contributed by atoms with Gasteiger partial charge in [-0.1, -0.05) is 0 Å². The maximum atomic E-state index is 12.4. The number of hydrazine groups is 1. The highest BCUT2D eigenvalue weighted by Crippen LogP contribution is 2.49. The second-order valence-corrected chi connectivity index (χ2v) is 6.68. The second kappa shape index (κ2) is 7.22. The number of hydrogen-bond donors (Lipinski definition) is 1. The Bertz CT molecular complexity index is 376. The third-order valence-corrected chi connectivity index (χ3v) is 3.36. The first-order chi connectivity index (χ1) is 9.67. The van der Waals surface area contributed by atoms with Crippen molar-refractivity contribution in [1.29, 1.82) is 0 Å². The summed E-state index contributed by atoms with van der Waals surface area (Å²) in [5, 5.41) is 0.888. The fraction of sp³-hybridized carbons (Fsp3) is 0.800. The van der Waals surface area contributed by atoms with Gasteiger partial charge in [0.2, 0.25) is 0 Å². The molecular formula is C15H27FN2O3. The second-order valence-electron chi connectivity index (χ2n) is 6.68. The smallest absolute Gasteiger partial charge is 0.428 e. The Morgan fingerprint density at radius 3 is 2.57 bits per heavy atom. The van der Waals surface area contributed by atoms with E-state index >= 15 is 0 Å². The Hall–Kier alpha value is -1.14. The number of nitrogens with zero attached hydrogens (tertiary/aromatic N) is 1. The van der Waals surface area contributed by atoms with Crippen LogP contribution in [0, 0.1) is 5.41 Å². The highest BCUT2D eigenvalue weighted by Gasteiger charge is 2.42. The van der Waals surface area contributed by atoms with E-state index in [1.165, 1.54) is 6.20 Å². The van der Waals surface area contributed by atoms with Crippen LogP contribution in [-0.2, 0) is 9.47 Å². The molecule has 1 aliphatic carbocycles. The molecule has 1 atom stereocenters. The van der Waals surface area contributed by atoms with Crippen LogP contribution >= 0.6 is 0 Å². The summed E-state index contributed by atoms with van der Waals surface area (Å²) in [6.45, 7) is 7.41. The molecule has 0 heterocycles. The normalized spacial score (nSPS) is 18.6. The van der Waals surface area contributed by atoms with Crippen LogP contribution in [0.15, 0.2) is 12.3 Å². The summed E-state index contributed by atoms with van der Waals surface area (Å²) in [4.78, 5) is 11.6. The summed E-state index contributed by atoms with van der Waals surface area (Å²) in [6.07, 6.45) is 4.88. The Kier molecular flexibility index (Phi) is 6.16. The van der Waals surface area contributed by atoms with Crippen molar-refractivity contribution in [1.82, 2.24) is 5.01 Å². The van der Waals surface area contributed by atoms with Gasteiger partial charge in [0.25, 0.3) is 0 Å². The molecule has 122 valence electrons. The number of halogens is 1. The van der Waals surface area contributed by atoms with Crippen molar-refractivity contribution in [3.8, 4) is 0 Å². The lowest BCUT2D eigenvalue weighted by Crippen LogP contribution is -2.38. The van der Waals surface area contributed by atoms with Crippen molar-refractivity contribution in [3.05, 3.63) is 12.3 Å². The van der Waals surface area contributed by atoms with E-state index in [2.05, 4.69) is 0 Å². The van der Waals surface area contributed by atoms with Gasteiger partial charge in [0, 0.05) is 6.20 Å². The van der Waals surface area contributed by atoms with Crippen LogP contribution in [0.3, 0.4) is 0 Å². The lowest BCUT2D eigenvalue weighted by atomic mass is 10.1. The first-order valence-electron chi connectivity index (χ1n) is 7.30. The molecule has 1 fully saturated rings. The Morgan fingerprint density at radius 1 is 1.48 bits per heavy atom. The summed E-state index contributed by atoms with van der Waals surface area (Å²) in [7, 11) is 0. The molecule has 0 aromatic carbocycles. The number of ether oxygens (including phenoxy) is 2. The van der Waals surface area contributed by atoms with Gasteiger partial charge >= 0.3 is 6.09 Å². The summed E-state index contributed by atoms with van der Waals surface area (Å²) >= 11 is 0. The van der Waals surface area contributed by atoms with Gasteiger partial charge < -0.3 is 9.47 Å². The zero-order valence-corrected chi connectivity index (χ0v) is 13.4. The standard InChI is InChI=1S/C15H27FN2O3/c1-12(20-11-15(6-7-15)8-9-16)5-10-18(17)13(19)21-14(2,3)4/h5,10,12H,6-9,11,17H2,1-4H3/b10-5-. The van der Waals surface area contributed by atoms with Gasteiger partial charge in [-0.3, -0.25) is 4.39 Å². The lowest BCUT2D eigenvalue weighted by Gasteiger charge is -2.22. The molecule has 1 saturated carbocycles. The molecule has 0 radical (unpaired) electrons. The fourth-order valence-corrected chi connectivity index (χ4v) is 1.80. The van der Waals surface area contributed by atoms with E-state index in [1.807, 2.05) is 6.92 Å². The molecule has 2 N–H and O–H groups in total. The van der Waals surface area contributed by atoms with Crippen LogP contribution in [0.5, 0.6) is 0 Å². The minimum atomic E-state index is -0.623. The third-order valence-electron chi connectivity index (χ3n) is 3.36. The molecule has 21 heavy (non-hydrogen) atoms. The average molecular weight is 302 g/mol. The highest BCUT2D eigenvalue weighted by atomic mass is 19.1. The Morgan fingerprint density at radius 2 is 2.10 bits per heavy atom. The third kappa shape index (κ3) is 6.91. The number of alkyl halides is 1. The molecule has 0 aromatic rings. The molecule has 5 nitrogen and oxygen atoms in total. The number of rotatable bonds is 7. The molecule has 6 heteroatoms. The van der Waals surface area contributed by atoms with E-state index < -0.39 is 11.7 Å². The molecule has 1 rings (SSSR count). The van der Waals surface area contributed by atoms with Crippen LogP contribution in [-0.4, -0.2) is 36.1 Å². The maximum Gasteiger partial charge on any atom is 0.428 e. The van der Waals surface area contributed by atoms with Crippen molar-refractivity contribution in [2.24, 2.45) is 11.3 Å². The summed E-state index contributed by atoms with van der Waals surface area (Å²) in [6, 6.07) is 0. The monoisotopic (exact) mass is 302 g/mol. The first-order valence-corrected chi connectivity index (χ1v) is 7.30. The predicted octanol–water partition coefficient (Wildman–Crippen LogP) is 3.16. The van der Waals surface area contributed by atoms with E-state index in [-0.39, 0.29) is 18.2 Å². The van der Waals surface area contributed by atoms with E-state index in [4.69, 9.17) is 15.3 Å². The number of carbonyl (C=O) groups excluding carboxylic acids is 1. The van der Waals surface area contributed by atoms with Crippen LogP contribution < -0.4 is 5.84 Å². The maximum absolute atomic E-state index is 12.4. The van der Waals surface area contributed by atoms with Gasteiger partial charge in [-0.05, 0) is 58.4 Å². The van der Waals surface area contributed by atoms with Crippen molar-refractivity contribution in [2.45, 2.75) is 58.7 Å². The topological polar surface area (TPSA) is 64.8 Å². The molecule has 0 bridgehead atoms. The zero-order valence-electron chi connectivity index (χ0n) is 13.4. The van der Waals surface area contributed by atoms with Gasteiger partial charge in [-0.25, -0.2) is 15.6 Å². The molecule has 1 unspecified atom stereocenters. The molecule has 1 aliphatic rings. The molecule has 1 amide bonds. The van der Waals surface area contributed by atoms with Gasteiger partial charge in [-0.2, -0.15) is 0 Å². The van der Waals surface area contributed by atoms with E-state index in [9.17, 15) is 9.18 Å². The predicted molar refractivity (Wildman–Crippen MR) is 79.1 cm³/mol. The van der Waals surface area contributed by atoms with Crippen molar-refractivity contribution in [3.63, 3.8) is 0 Å². The summed E-state index contributed by atoms with van der Waals surface area (Å²) in [5.74, 6) is 5.58. The average Bonchev–Trinajstić information content (AvgIpc) is 3.12. The van der Waals surface area contributed by atoms with E-state index in [0.717, 1.165) is 17.9 Å². The number of amides is 1. The Balaban J connectivity index is 2.33. The van der Waals surface area contributed by atoms with E-state index in [1.54, 1.807) is 26.8 Å². The lowest BCUT2D eigenvalue weighted by molar-refractivity contribution is 0.0323. The first kappa shape index (κ1) is 17.9. The van der Waals surface area contributed by atoms with Crippen LogP contribution in [0.2, 0.25) is 0 Å². The minimum Gasteiger partial charge on any atom is -0.443 e. The van der Waals surface area contributed by atoms with Crippen molar-refractivity contribution >= 4 is 6.09 Å². The molecular weight excluding hydrogens is 275 g/mol. The number of hydrogen-bond acceptors (Lipinski definition) is 4. The molecule has 0 saturated heterocycles. The van der Waals surface area contributed by atoms with Gasteiger partial charge in [0.05, 0.1) is 19.4 Å². The molecule has 0 aliphatic heterocycles. The van der Waals surface area contributed by atoms with Crippen LogP contribution in [0.4, 0.5) is 9.18 Å². The van der Waals surface area contributed by atoms with Gasteiger partial charge in [-0.15, -0.1) is 0 Å². The molecule has 0 spiro atoms. The number of carbonyl (C=O) groups is 1. The van der Waals surface area contributed by atoms with Gasteiger partial charge in [0.1, 0.15) is 5.60 Å². The minimum absolute atomic E-state index is 0.0322. The Labute approximate surface area is 126 Å². The SMILES string of the molecule is CC(/C=C\N(N)C(=O)OC(C)(C)C)OCC1(CCF)CC1. The van der Waals surface area contributed by atoms with E-state index in [0.29, 0.717) is 13.0 Å². The number of nitrogens with two attached hydrogens (primary N) is 1.